The Morgan fingerprint density at radius 1 is 0.490 bits per heavy atom. The molecule has 51 heavy (non-hydrogen) atoms. The molecule has 11 aromatic rings. The van der Waals surface area contributed by atoms with Gasteiger partial charge in [0.2, 0.25) is 0 Å². The van der Waals surface area contributed by atoms with Crippen LogP contribution in [0.2, 0.25) is 0 Å². The molecule has 0 aliphatic heterocycles. The van der Waals surface area contributed by atoms with Gasteiger partial charge in [-0.2, -0.15) is 6.07 Å². The molecule has 0 bridgehead atoms. The number of imidazole rings is 1. The number of rotatable bonds is 4. The second kappa shape index (κ2) is 11.4. The van der Waals surface area contributed by atoms with Crippen molar-refractivity contribution in [2.75, 3.05) is 0 Å². The van der Waals surface area contributed by atoms with Gasteiger partial charge in [0.1, 0.15) is 5.65 Å². The topological polar surface area (TPSA) is 49.3 Å². The summed E-state index contributed by atoms with van der Waals surface area (Å²) < 4.78 is 13.2. The second-order valence-corrected chi connectivity index (χ2v) is 12.5. The van der Waals surface area contributed by atoms with Crippen molar-refractivity contribution in [1.29, 1.82) is 0 Å². The number of benzene rings is 6. The van der Waals surface area contributed by atoms with Crippen molar-refractivity contribution >= 4 is 71.1 Å². The molecule has 6 aromatic carbocycles. The van der Waals surface area contributed by atoms with Crippen LogP contribution in [0.1, 0.15) is 0 Å². The summed E-state index contributed by atoms with van der Waals surface area (Å²) in [7, 11) is 0. The number of aromatic nitrogens is 5. The molecule has 0 fully saturated rings. The van der Waals surface area contributed by atoms with Crippen molar-refractivity contribution in [3.8, 4) is 22.9 Å². The van der Waals surface area contributed by atoms with E-state index in [2.05, 4.69) is 129 Å². The van der Waals surface area contributed by atoms with Gasteiger partial charge in [0.15, 0.2) is 0 Å². The largest absolute Gasteiger partial charge is 2.00 e. The van der Waals surface area contributed by atoms with Crippen LogP contribution in [0.15, 0.2) is 152 Å². The van der Waals surface area contributed by atoms with E-state index in [0.717, 1.165) is 66.2 Å². The van der Waals surface area contributed by atoms with Crippen molar-refractivity contribution in [2.45, 2.75) is 0 Å². The average Bonchev–Trinajstić information content (AvgIpc) is 3.89. The predicted octanol–water partition coefficient (Wildman–Crippen LogP) is 10.6. The van der Waals surface area contributed by atoms with Crippen LogP contribution in [-0.2, 0) is 20.4 Å². The number of nitrogens with zero attached hydrogens (tertiary/aromatic N) is 5. The quantitative estimate of drug-likeness (QED) is 0.102. The van der Waals surface area contributed by atoms with Crippen LogP contribution in [-0.4, -0.2) is 23.5 Å². The summed E-state index contributed by atoms with van der Waals surface area (Å²) in [5, 5.41) is 7.73. The molecule has 11 rings (SSSR count). The molecular formula is C44H25N5OPd. The van der Waals surface area contributed by atoms with Gasteiger partial charge in [-0.3, -0.25) is 4.98 Å². The number of fused-ring (bicyclic) bond motifs is 13. The van der Waals surface area contributed by atoms with Crippen LogP contribution < -0.4 is 4.74 Å². The van der Waals surface area contributed by atoms with E-state index in [0.29, 0.717) is 11.5 Å². The fraction of sp³-hybridized carbons (Fsp3) is 0. The summed E-state index contributed by atoms with van der Waals surface area (Å²) in [5.74, 6) is 1.19. The first-order valence-electron chi connectivity index (χ1n) is 16.6. The minimum atomic E-state index is 0. The Morgan fingerprint density at radius 3 is 2.10 bits per heavy atom. The summed E-state index contributed by atoms with van der Waals surface area (Å²) in [5.41, 5.74) is 8.21. The molecule has 0 saturated carbocycles. The predicted molar refractivity (Wildman–Crippen MR) is 201 cm³/mol. The zero-order valence-corrected chi connectivity index (χ0v) is 28.4. The fourth-order valence-electron chi connectivity index (χ4n) is 7.75. The van der Waals surface area contributed by atoms with Crippen LogP contribution in [0.3, 0.4) is 0 Å². The zero-order valence-electron chi connectivity index (χ0n) is 26.9. The third kappa shape index (κ3) is 4.33. The Morgan fingerprint density at radius 2 is 1.22 bits per heavy atom. The number of pyridine rings is 2. The Kier molecular flexibility index (Phi) is 6.62. The smallest absolute Gasteiger partial charge is 0.503 e. The summed E-state index contributed by atoms with van der Waals surface area (Å²) >= 11 is 0. The molecule has 0 amide bonds. The molecule has 242 valence electrons. The first-order valence-corrected chi connectivity index (χ1v) is 16.6. The van der Waals surface area contributed by atoms with Crippen molar-refractivity contribution in [2.24, 2.45) is 0 Å². The maximum atomic E-state index is 6.48. The van der Waals surface area contributed by atoms with E-state index in [-0.39, 0.29) is 20.4 Å². The molecule has 0 aliphatic rings. The Hall–Kier alpha value is -6.26. The molecule has 7 heteroatoms. The standard InChI is InChI=1S/C44H25N5O.Pd/c1-2-10-28(11-3-1)48-39-18-7-5-15-36(39)41-40(48)22-21-34-32-20-19-31(27-37(32)43-46-24-25-47(43)42(34)41)50-30-13-8-12-29(26-30)49-38-17-6-4-14-33(38)35-16-9-23-45-44(35)49;/h1-25H;/q-2;+2. The van der Waals surface area contributed by atoms with Gasteiger partial charge in [-0.25, -0.2) is 4.98 Å². The van der Waals surface area contributed by atoms with E-state index < -0.39 is 0 Å². The second-order valence-electron chi connectivity index (χ2n) is 12.5. The Balaban J connectivity index is 0.00000327. The summed E-state index contributed by atoms with van der Waals surface area (Å²) in [6.07, 6.45) is 5.74. The monoisotopic (exact) mass is 745 g/mol. The molecule has 5 heterocycles. The molecule has 0 aliphatic carbocycles. The SMILES string of the molecule is [Pd+2].[c-]1c(Oc2[c-]c3c(cc2)c2ccc4c(c5ccccc5n4-c4ccccc4)c2n2ccnc32)cccc1-n1c2ccccc2c2cccnc21. The molecule has 0 saturated heterocycles. The van der Waals surface area contributed by atoms with Gasteiger partial charge < -0.3 is 18.3 Å². The van der Waals surface area contributed by atoms with Crippen LogP contribution >= 0.6 is 0 Å². The van der Waals surface area contributed by atoms with Crippen molar-refractivity contribution in [3.05, 3.63) is 164 Å². The van der Waals surface area contributed by atoms with E-state index in [9.17, 15) is 0 Å². The van der Waals surface area contributed by atoms with Crippen molar-refractivity contribution < 1.29 is 25.2 Å². The molecule has 5 aromatic heterocycles. The summed E-state index contributed by atoms with van der Waals surface area (Å²) in [6.45, 7) is 0. The van der Waals surface area contributed by atoms with Gasteiger partial charge in [-0.05, 0) is 47.9 Å². The van der Waals surface area contributed by atoms with Gasteiger partial charge in [0.05, 0.1) is 22.2 Å². The van der Waals surface area contributed by atoms with E-state index in [1.165, 1.54) is 16.3 Å². The molecule has 0 spiro atoms. The number of ether oxygens (including phenoxy) is 1. The van der Waals surface area contributed by atoms with Gasteiger partial charge in [0.25, 0.3) is 0 Å². The zero-order chi connectivity index (χ0) is 32.8. The molecular weight excluding hydrogens is 721 g/mol. The summed E-state index contributed by atoms with van der Waals surface area (Å²) in [4.78, 5) is 9.58. The van der Waals surface area contributed by atoms with Crippen LogP contribution in [0.4, 0.5) is 0 Å². The van der Waals surface area contributed by atoms with Crippen LogP contribution in [0, 0.1) is 12.1 Å². The van der Waals surface area contributed by atoms with Gasteiger partial charge >= 0.3 is 20.4 Å². The summed E-state index contributed by atoms with van der Waals surface area (Å²) in [6, 6.07) is 53.2. The van der Waals surface area contributed by atoms with Gasteiger partial charge in [-0.1, -0.05) is 83.2 Å². The average molecular weight is 746 g/mol. The van der Waals surface area contributed by atoms with E-state index in [1.807, 2.05) is 48.9 Å². The Bertz CT molecular complexity index is 3090. The molecule has 0 N–H and O–H groups in total. The molecule has 0 atom stereocenters. The third-order valence-corrected chi connectivity index (χ3v) is 9.79. The third-order valence-electron chi connectivity index (χ3n) is 9.79. The molecule has 6 nitrogen and oxygen atoms in total. The van der Waals surface area contributed by atoms with E-state index in [1.54, 1.807) is 0 Å². The number of hydrogen-bond donors (Lipinski definition) is 0. The molecule has 0 radical (unpaired) electrons. The first kappa shape index (κ1) is 29.6. The number of hydrogen-bond acceptors (Lipinski definition) is 3. The maximum absolute atomic E-state index is 6.48. The number of para-hydroxylation sites is 3. The van der Waals surface area contributed by atoms with Gasteiger partial charge in [0, 0.05) is 62.8 Å². The maximum Gasteiger partial charge on any atom is 2.00 e. The van der Waals surface area contributed by atoms with Crippen LogP contribution in [0.5, 0.6) is 11.5 Å². The normalized spacial score (nSPS) is 11.8. The Labute approximate surface area is 305 Å². The van der Waals surface area contributed by atoms with Crippen LogP contribution in [0.25, 0.3) is 82.4 Å². The fourth-order valence-corrected chi connectivity index (χ4v) is 7.75. The minimum absolute atomic E-state index is 0. The van der Waals surface area contributed by atoms with Crippen molar-refractivity contribution in [3.63, 3.8) is 0 Å². The first-order chi connectivity index (χ1) is 24.8. The van der Waals surface area contributed by atoms with E-state index >= 15 is 0 Å². The van der Waals surface area contributed by atoms with Crippen molar-refractivity contribution in [1.82, 2.24) is 23.5 Å². The molecule has 0 unspecified atom stereocenters. The van der Waals surface area contributed by atoms with E-state index in [4.69, 9.17) is 14.7 Å². The van der Waals surface area contributed by atoms with Gasteiger partial charge in [-0.15, -0.1) is 30.3 Å². The minimum Gasteiger partial charge on any atom is -0.503 e.